The van der Waals surface area contributed by atoms with E-state index in [9.17, 15) is 4.79 Å². The first-order valence-corrected chi connectivity index (χ1v) is 3.01. The number of nitrogens with zero attached hydrogens (tertiary/aromatic N) is 1. The van der Waals surface area contributed by atoms with E-state index in [4.69, 9.17) is 0 Å². The largest absolute Gasteiger partial charge is 0.453 e. The Morgan fingerprint density at radius 2 is 2.20 bits per heavy atom. The Labute approximate surface area is 61.3 Å². The predicted molar refractivity (Wildman–Crippen MR) is 39.8 cm³/mol. The normalized spacial score (nSPS) is 8.70. The summed E-state index contributed by atoms with van der Waals surface area (Å²) in [4.78, 5) is 12.2. The van der Waals surface area contributed by atoms with Crippen LogP contribution in [0.25, 0.3) is 0 Å². The number of ether oxygens (including phenoxy) is 1. The van der Waals surface area contributed by atoms with Gasteiger partial charge in [0.1, 0.15) is 0 Å². The quantitative estimate of drug-likeness (QED) is 0.544. The minimum Gasteiger partial charge on any atom is -0.453 e. The van der Waals surface area contributed by atoms with Crippen molar-refractivity contribution in [1.29, 1.82) is 0 Å². The van der Waals surface area contributed by atoms with Gasteiger partial charge in [0.25, 0.3) is 0 Å². The molecule has 3 nitrogen and oxygen atoms in total. The second kappa shape index (κ2) is 3.93. The molecule has 10 heavy (non-hydrogen) atoms. The van der Waals surface area contributed by atoms with Gasteiger partial charge in [-0.05, 0) is 6.92 Å². The first-order chi connectivity index (χ1) is 4.57. The van der Waals surface area contributed by atoms with Gasteiger partial charge in [0.05, 0.1) is 7.11 Å². The third-order valence-electron chi connectivity index (χ3n) is 0.993. The monoisotopic (exact) mass is 143 g/mol. The summed E-state index contributed by atoms with van der Waals surface area (Å²) in [5.74, 6) is 0. The van der Waals surface area contributed by atoms with Crippen LogP contribution in [0.15, 0.2) is 12.2 Å². The fraction of sp³-hybridized carbons (Fsp3) is 0.571. The van der Waals surface area contributed by atoms with Crippen molar-refractivity contribution in [3.05, 3.63) is 12.2 Å². The lowest BCUT2D eigenvalue weighted by Gasteiger charge is -2.14. The van der Waals surface area contributed by atoms with Crippen molar-refractivity contribution in [1.82, 2.24) is 4.90 Å². The molecule has 0 aromatic heterocycles. The summed E-state index contributed by atoms with van der Waals surface area (Å²) < 4.78 is 4.46. The average molecular weight is 143 g/mol. The Morgan fingerprint density at radius 3 is 2.50 bits per heavy atom. The molecule has 0 saturated carbocycles. The van der Waals surface area contributed by atoms with Crippen molar-refractivity contribution in [3.8, 4) is 0 Å². The van der Waals surface area contributed by atoms with Gasteiger partial charge in [0, 0.05) is 13.6 Å². The van der Waals surface area contributed by atoms with E-state index in [2.05, 4.69) is 11.3 Å². The molecule has 0 aromatic carbocycles. The van der Waals surface area contributed by atoms with Crippen LogP contribution in [0.5, 0.6) is 0 Å². The van der Waals surface area contributed by atoms with Crippen LogP contribution in [0.3, 0.4) is 0 Å². The highest BCUT2D eigenvalue weighted by molar-refractivity contribution is 5.67. The lowest BCUT2D eigenvalue weighted by atomic mass is 10.3. The molecular weight excluding hydrogens is 130 g/mol. The van der Waals surface area contributed by atoms with E-state index in [-0.39, 0.29) is 6.09 Å². The van der Waals surface area contributed by atoms with Crippen LogP contribution in [0, 0.1) is 0 Å². The molecule has 0 N–H and O–H groups in total. The van der Waals surface area contributed by atoms with E-state index >= 15 is 0 Å². The third kappa shape index (κ3) is 3.12. The van der Waals surface area contributed by atoms with E-state index < -0.39 is 0 Å². The lowest BCUT2D eigenvalue weighted by Crippen LogP contribution is -2.27. The molecule has 0 aliphatic carbocycles. The molecule has 58 valence electrons. The lowest BCUT2D eigenvalue weighted by molar-refractivity contribution is 0.136. The van der Waals surface area contributed by atoms with E-state index in [1.807, 2.05) is 6.92 Å². The fourth-order valence-corrected chi connectivity index (χ4v) is 0.625. The second-order valence-corrected chi connectivity index (χ2v) is 2.28. The van der Waals surface area contributed by atoms with Gasteiger partial charge in [-0.25, -0.2) is 4.79 Å². The number of carbonyl (C=O) groups is 1. The SMILES string of the molecule is C=C(C)CN(C)C(=O)OC. The molecule has 0 aromatic rings. The highest BCUT2D eigenvalue weighted by Gasteiger charge is 2.05. The summed E-state index contributed by atoms with van der Waals surface area (Å²) in [6.07, 6.45) is -0.331. The minimum absolute atomic E-state index is 0.331. The van der Waals surface area contributed by atoms with Crippen LogP contribution in [0.2, 0.25) is 0 Å². The molecule has 0 rings (SSSR count). The van der Waals surface area contributed by atoms with Gasteiger partial charge in [-0.15, -0.1) is 0 Å². The van der Waals surface area contributed by atoms with Gasteiger partial charge in [-0.1, -0.05) is 12.2 Å². The molecule has 0 saturated heterocycles. The van der Waals surface area contributed by atoms with Gasteiger partial charge >= 0.3 is 6.09 Å². The summed E-state index contributed by atoms with van der Waals surface area (Å²) >= 11 is 0. The molecule has 0 radical (unpaired) electrons. The van der Waals surface area contributed by atoms with Crippen molar-refractivity contribution in [2.75, 3.05) is 20.7 Å². The Bertz CT molecular complexity index is 143. The molecule has 3 heteroatoms. The molecule has 1 amide bonds. The molecule has 0 bridgehead atoms. The molecule has 0 fully saturated rings. The Balaban J connectivity index is 3.72. The zero-order chi connectivity index (χ0) is 8.15. The number of hydrogen-bond donors (Lipinski definition) is 0. The van der Waals surface area contributed by atoms with Crippen LogP contribution in [-0.4, -0.2) is 31.7 Å². The van der Waals surface area contributed by atoms with Crippen molar-refractivity contribution >= 4 is 6.09 Å². The predicted octanol–water partition coefficient (Wildman–Crippen LogP) is 1.26. The molecule has 0 unspecified atom stereocenters. The maximum Gasteiger partial charge on any atom is 0.409 e. The third-order valence-corrected chi connectivity index (χ3v) is 0.993. The number of likely N-dealkylation sites (N-methyl/N-ethyl adjacent to an activating group) is 1. The van der Waals surface area contributed by atoms with Gasteiger partial charge in [-0.3, -0.25) is 0 Å². The molecule has 0 aliphatic heterocycles. The van der Waals surface area contributed by atoms with Crippen LogP contribution in [-0.2, 0) is 4.74 Å². The van der Waals surface area contributed by atoms with Gasteiger partial charge < -0.3 is 9.64 Å². The zero-order valence-electron chi connectivity index (χ0n) is 6.68. The average Bonchev–Trinajstić information content (AvgIpc) is 1.85. The number of rotatable bonds is 2. The highest BCUT2D eigenvalue weighted by atomic mass is 16.5. The Morgan fingerprint density at radius 1 is 1.70 bits per heavy atom. The van der Waals surface area contributed by atoms with E-state index in [0.29, 0.717) is 6.54 Å². The van der Waals surface area contributed by atoms with Crippen molar-refractivity contribution in [2.24, 2.45) is 0 Å². The first-order valence-electron chi connectivity index (χ1n) is 3.01. The van der Waals surface area contributed by atoms with Crippen LogP contribution >= 0.6 is 0 Å². The number of methoxy groups -OCH3 is 1. The summed E-state index contributed by atoms with van der Waals surface area (Å²) in [5, 5.41) is 0. The molecule has 0 atom stereocenters. The van der Waals surface area contributed by atoms with E-state index in [1.165, 1.54) is 12.0 Å². The van der Waals surface area contributed by atoms with Gasteiger partial charge in [-0.2, -0.15) is 0 Å². The van der Waals surface area contributed by atoms with Crippen LogP contribution < -0.4 is 0 Å². The highest BCUT2D eigenvalue weighted by Crippen LogP contribution is 1.93. The summed E-state index contributed by atoms with van der Waals surface area (Å²) in [7, 11) is 3.03. The number of carbonyl (C=O) groups excluding carboxylic acids is 1. The zero-order valence-corrected chi connectivity index (χ0v) is 6.68. The summed E-state index contributed by atoms with van der Waals surface area (Å²) in [5.41, 5.74) is 0.938. The van der Waals surface area contributed by atoms with Gasteiger partial charge in [0.2, 0.25) is 0 Å². The number of hydrogen-bond acceptors (Lipinski definition) is 2. The topological polar surface area (TPSA) is 29.5 Å². The minimum atomic E-state index is -0.331. The standard InChI is InChI=1S/C7H13NO2/c1-6(2)5-8(3)7(9)10-4/h1,5H2,2-4H3. The molecular formula is C7H13NO2. The first kappa shape index (κ1) is 9.01. The van der Waals surface area contributed by atoms with Crippen LogP contribution in [0.4, 0.5) is 4.79 Å². The fourth-order valence-electron chi connectivity index (χ4n) is 0.625. The van der Waals surface area contributed by atoms with Crippen molar-refractivity contribution in [3.63, 3.8) is 0 Å². The maximum absolute atomic E-state index is 10.7. The van der Waals surface area contributed by atoms with Crippen molar-refractivity contribution < 1.29 is 9.53 Å². The molecule has 0 aliphatic rings. The Kier molecular flexibility index (Phi) is 3.54. The smallest absolute Gasteiger partial charge is 0.409 e. The summed E-state index contributed by atoms with van der Waals surface area (Å²) in [6, 6.07) is 0. The number of amides is 1. The van der Waals surface area contributed by atoms with Gasteiger partial charge in [0.15, 0.2) is 0 Å². The summed E-state index contributed by atoms with van der Waals surface area (Å²) in [6.45, 7) is 6.07. The molecule has 0 spiro atoms. The Hall–Kier alpha value is -0.990. The van der Waals surface area contributed by atoms with E-state index in [0.717, 1.165) is 5.57 Å². The van der Waals surface area contributed by atoms with Crippen LogP contribution in [0.1, 0.15) is 6.92 Å². The van der Waals surface area contributed by atoms with E-state index in [1.54, 1.807) is 7.05 Å². The maximum atomic E-state index is 10.7. The second-order valence-electron chi connectivity index (χ2n) is 2.28. The van der Waals surface area contributed by atoms with Crippen molar-refractivity contribution in [2.45, 2.75) is 6.92 Å². The molecule has 0 heterocycles.